The minimum Gasteiger partial charge on any atom is -0.284 e. The van der Waals surface area contributed by atoms with E-state index in [4.69, 9.17) is 5.10 Å². The molecule has 0 saturated heterocycles. The molecule has 0 fully saturated rings. The molecule has 1 aliphatic rings. The summed E-state index contributed by atoms with van der Waals surface area (Å²) in [5.74, 6) is 0. The van der Waals surface area contributed by atoms with Crippen molar-refractivity contribution in [2.24, 2.45) is 5.10 Å². The van der Waals surface area contributed by atoms with Crippen molar-refractivity contribution in [1.82, 2.24) is 5.01 Å². The summed E-state index contributed by atoms with van der Waals surface area (Å²) in [6.07, 6.45) is 0.945. The molecule has 2 nitrogen and oxygen atoms in total. The highest BCUT2D eigenvalue weighted by Crippen LogP contribution is 2.33. The lowest BCUT2D eigenvalue weighted by atomic mass is 9.98. The van der Waals surface area contributed by atoms with E-state index in [9.17, 15) is 0 Å². The molecule has 0 aromatic heterocycles. The zero-order chi connectivity index (χ0) is 16.2. The van der Waals surface area contributed by atoms with Gasteiger partial charge in [-0.1, -0.05) is 91.0 Å². The lowest BCUT2D eigenvalue weighted by molar-refractivity contribution is 0.224. The van der Waals surface area contributed by atoms with Crippen LogP contribution in [0.3, 0.4) is 0 Å². The monoisotopic (exact) mass is 312 g/mol. The molecule has 0 saturated carbocycles. The summed E-state index contributed by atoms with van der Waals surface area (Å²) < 4.78 is 0. The molecule has 118 valence electrons. The van der Waals surface area contributed by atoms with E-state index in [1.165, 1.54) is 22.4 Å². The van der Waals surface area contributed by atoms with E-state index < -0.39 is 0 Å². The van der Waals surface area contributed by atoms with Gasteiger partial charge in [0.2, 0.25) is 0 Å². The Morgan fingerprint density at radius 3 is 2.00 bits per heavy atom. The minimum atomic E-state index is 0.293. The second-order valence-electron chi connectivity index (χ2n) is 6.13. The quantitative estimate of drug-likeness (QED) is 0.659. The first kappa shape index (κ1) is 14.7. The van der Waals surface area contributed by atoms with E-state index in [1.807, 2.05) is 0 Å². The number of hydrogen-bond donors (Lipinski definition) is 0. The molecule has 3 aromatic carbocycles. The first-order valence-corrected chi connectivity index (χ1v) is 8.38. The van der Waals surface area contributed by atoms with Crippen LogP contribution in [-0.4, -0.2) is 10.7 Å². The summed E-state index contributed by atoms with van der Waals surface area (Å²) in [5.41, 5.74) is 4.99. The van der Waals surface area contributed by atoms with Crippen LogP contribution in [0, 0.1) is 0 Å². The third-order valence-electron chi connectivity index (χ3n) is 4.47. The Morgan fingerprint density at radius 1 is 0.750 bits per heavy atom. The topological polar surface area (TPSA) is 15.6 Å². The smallest absolute Gasteiger partial charge is 0.0780 e. The van der Waals surface area contributed by atoms with Crippen molar-refractivity contribution >= 4 is 5.71 Å². The molecule has 0 spiro atoms. The van der Waals surface area contributed by atoms with Gasteiger partial charge in [-0.05, 0) is 16.7 Å². The van der Waals surface area contributed by atoms with Gasteiger partial charge in [0.15, 0.2) is 0 Å². The largest absolute Gasteiger partial charge is 0.284 e. The molecule has 0 N–H and O–H groups in total. The molecular weight excluding hydrogens is 292 g/mol. The van der Waals surface area contributed by atoms with E-state index in [0.717, 1.165) is 13.0 Å². The Balaban J connectivity index is 1.66. The maximum atomic E-state index is 4.96. The molecule has 0 radical (unpaired) electrons. The molecule has 24 heavy (non-hydrogen) atoms. The van der Waals surface area contributed by atoms with Crippen molar-refractivity contribution in [3.8, 4) is 0 Å². The Kier molecular flexibility index (Phi) is 4.11. The van der Waals surface area contributed by atoms with Gasteiger partial charge in [0, 0.05) is 6.42 Å². The van der Waals surface area contributed by atoms with E-state index in [0.29, 0.717) is 6.04 Å². The Morgan fingerprint density at radius 2 is 1.33 bits per heavy atom. The van der Waals surface area contributed by atoms with Crippen LogP contribution in [0.25, 0.3) is 0 Å². The van der Waals surface area contributed by atoms with Crippen LogP contribution < -0.4 is 0 Å². The van der Waals surface area contributed by atoms with Crippen LogP contribution in [0.2, 0.25) is 0 Å². The number of hydrogen-bond acceptors (Lipinski definition) is 2. The van der Waals surface area contributed by atoms with Gasteiger partial charge in [-0.25, -0.2) is 0 Å². The van der Waals surface area contributed by atoms with Crippen LogP contribution >= 0.6 is 0 Å². The van der Waals surface area contributed by atoms with Gasteiger partial charge in [-0.15, -0.1) is 0 Å². The fourth-order valence-electron chi connectivity index (χ4n) is 3.24. The molecule has 0 bridgehead atoms. The number of nitrogens with zero attached hydrogens (tertiary/aromatic N) is 2. The van der Waals surface area contributed by atoms with Gasteiger partial charge in [-0.3, -0.25) is 5.01 Å². The van der Waals surface area contributed by atoms with Crippen LogP contribution in [0.15, 0.2) is 96.1 Å². The van der Waals surface area contributed by atoms with Gasteiger partial charge < -0.3 is 0 Å². The highest BCUT2D eigenvalue weighted by atomic mass is 15.5. The Labute approximate surface area is 143 Å². The molecule has 2 heteroatoms. The standard InChI is InChI=1S/C22H20N2/c1-4-10-18(11-5-1)17-24-22(20-14-8-3-9-15-20)16-21(23-24)19-12-6-2-7-13-19/h1-15,22H,16-17H2/t22-/m1/s1. The number of rotatable bonds is 4. The first-order chi connectivity index (χ1) is 11.9. The van der Waals surface area contributed by atoms with E-state index in [2.05, 4.69) is 96.0 Å². The highest BCUT2D eigenvalue weighted by molar-refractivity contribution is 6.01. The second kappa shape index (κ2) is 6.71. The molecule has 1 aliphatic heterocycles. The Hall–Kier alpha value is -2.87. The van der Waals surface area contributed by atoms with Gasteiger partial charge in [0.25, 0.3) is 0 Å². The summed E-state index contributed by atoms with van der Waals surface area (Å²) in [5, 5.41) is 7.19. The number of hydrazone groups is 1. The third-order valence-corrected chi connectivity index (χ3v) is 4.47. The first-order valence-electron chi connectivity index (χ1n) is 8.38. The predicted molar refractivity (Wildman–Crippen MR) is 98.8 cm³/mol. The predicted octanol–water partition coefficient (Wildman–Crippen LogP) is 5.04. The van der Waals surface area contributed by atoms with Crippen LogP contribution in [0.4, 0.5) is 0 Å². The number of benzene rings is 3. The summed E-state index contributed by atoms with van der Waals surface area (Å²) in [6.45, 7) is 0.830. The van der Waals surface area contributed by atoms with Crippen molar-refractivity contribution in [2.45, 2.75) is 19.0 Å². The summed E-state index contributed by atoms with van der Waals surface area (Å²) in [7, 11) is 0. The molecule has 4 rings (SSSR count). The van der Waals surface area contributed by atoms with Crippen LogP contribution in [0.1, 0.15) is 29.2 Å². The van der Waals surface area contributed by atoms with E-state index >= 15 is 0 Å². The summed E-state index contributed by atoms with van der Waals surface area (Å²) >= 11 is 0. The zero-order valence-electron chi connectivity index (χ0n) is 13.5. The van der Waals surface area contributed by atoms with Gasteiger partial charge in [0.1, 0.15) is 0 Å². The Bertz CT molecular complexity index is 810. The molecule has 0 unspecified atom stereocenters. The lowest BCUT2D eigenvalue weighted by Gasteiger charge is -2.24. The maximum absolute atomic E-state index is 4.96. The molecule has 0 amide bonds. The van der Waals surface area contributed by atoms with Gasteiger partial charge in [-0.2, -0.15) is 5.10 Å². The fraction of sp³-hybridized carbons (Fsp3) is 0.136. The van der Waals surface area contributed by atoms with Crippen molar-refractivity contribution in [3.63, 3.8) is 0 Å². The summed E-state index contributed by atoms with van der Waals surface area (Å²) in [6, 6.07) is 32.0. The SMILES string of the molecule is c1ccc(CN2N=C(c3ccccc3)C[C@@H]2c2ccccc2)cc1. The molecular formula is C22H20N2. The van der Waals surface area contributed by atoms with Crippen molar-refractivity contribution < 1.29 is 0 Å². The summed E-state index contributed by atoms with van der Waals surface area (Å²) in [4.78, 5) is 0. The van der Waals surface area contributed by atoms with E-state index in [1.54, 1.807) is 0 Å². The van der Waals surface area contributed by atoms with Crippen molar-refractivity contribution in [2.75, 3.05) is 0 Å². The molecule has 0 aliphatic carbocycles. The van der Waals surface area contributed by atoms with Gasteiger partial charge >= 0.3 is 0 Å². The van der Waals surface area contributed by atoms with E-state index in [-0.39, 0.29) is 0 Å². The third kappa shape index (κ3) is 3.09. The zero-order valence-corrected chi connectivity index (χ0v) is 13.5. The average molecular weight is 312 g/mol. The van der Waals surface area contributed by atoms with Crippen molar-refractivity contribution in [3.05, 3.63) is 108 Å². The molecule has 3 aromatic rings. The van der Waals surface area contributed by atoms with Gasteiger partial charge in [0.05, 0.1) is 18.3 Å². The van der Waals surface area contributed by atoms with Crippen molar-refractivity contribution in [1.29, 1.82) is 0 Å². The normalized spacial score (nSPS) is 16.9. The molecule has 1 atom stereocenters. The maximum Gasteiger partial charge on any atom is 0.0780 e. The lowest BCUT2D eigenvalue weighted by Crippen LogP contribution is -2.19. The second-order valence-corrected chi connectivity index (χ2v) is 6.13. The molecule has 1 heterocycles. The highest BCUT2D eigenvalue weighted by Gasteiger charge is 2.28. The van der Waals surface area contributed by atoms with Crippen LogP contribution in [0.5, 0.6) is 0 Å². The average Bonchev–Trinajstić information content (AvgIpc) is 3.08. The minimum absolute atomic E-state index is 0.293. The van der Waals surface area contributed by atoms with Crippen LogP contribution in [-0.2, 0) is 6.54 Å². The fourth-order valence-corrected chi connectivity index (χ4v) is 3.24.